The van der Waals surface area contributed by atoms with E-state index in [-0.39, 0.29) is 0 Å². The van der Waals surface area contributed by atoms with E-state index in [9.17, 15) is 0 Å². The molecule has 0 fully saturated rings. The quantitative estimate of drug-likeness (QED) is 0.814. The summed E-state index contributed by atoms with van der Waals surface area (Å²) in [4.78, 5) is 0. The van der Waals surface area contributed by atoms with Gasteiger partial charge in [0.15, 0.2) is 5.82 Å². The third-order valence-corrected chi connectivity index (χ3v) is 3.77. The Morgan fingerprint density at radius 3 is 2.50 bits per heavy atom. The third-order valence-electron chi connectivity index (χ3n) is 3.21. The first kappa shape index (κ1) is 13.3. The molecule has 0 saturated carbocycles. The van der Waals surface area contributed by atoms with Gasteiger partial charge in [-0.3, -0.25) is 4.68 Å². The fourth-order valence-corrected chi connectivity index (χ4v) is 2.85. The second-order valence-electron chi connectivity index (χ2n) is 4.39. The Balaban J connectivity index is 2.64. The van der Waals surface area contributed by atoms with Crippen LogP contribution in [0.2, 0.25) is 0 Å². The number of alkyl halides is 1. The predicted octanol–water partition coefficient (Wildman–Crippen LogP) is 2.93. The molecule has 2 heterocycles. The Hall–Kier alpha value is -1.10. The van der Waals surface area contributed by atoms with Crippen molar-refractivity contribution in [3.05, 3.63) is 28.7 Å². The summed E-state index contributed by atoms with van der Waals surface area (Å²) in [5.74, 6) is 1.07. The number of aryl methyl sites for hydroxylation is 4. The molecule has 2 aromatic heterocycles. The van der Waals surface area contributed by atoms with Gasteiger partial charge in [0.25, 0.3) is 0 Å². The van der Waals surface area contributed by atoms with E-state index >= 15 is 0 Å². The van der Waals surface area contributed by atoms with Gasteiger partial charge in [-0.1, -0.05) is 29.8 Å². The molecule has 0 radical (unpaired) electrons. The zero-order valence-corrected chi connectivity index (χ0v) is 13.0. The molecule has 0 spiro atoms. The van der Waals surface area contributed by atoms with Crippen LogP contribution in [0.5, 0.6) is 0 Å². The van der Waals surface area contributed by atoms with Crippen molar-refractivity contribution in [1.82, 2.24) is 19.6 Å². The Morgan fingerprint density at radius 2 is 1.94 bits per heavy atom. The van der Waals surface area contributed by atoms with Crippen LogP contribution < -0.4 is 0 Å². The van der Waals surface area contributed by atoms with Crippen molar-refractivity contribution >= 4 is 15.9 Å². The highest BCUT2D eigenvalue weighted by Gasteiger charge is 2.17. The molecular weight excluding hydrogens is 292 g/mol. The van der Waals surface area contributed by atoms with E-state index in [1.165, 1.54) is 11.3 Å². The van der Waals surface area contributed by atoms with E-state index in [0.29, 0.717) is 0 Å². The fourth-order valence-electron chi connectivity index (χ4n) is 2.19. The minimum atomic E-state index is 0.798. The maximum Gasteiger partial charge on any atom is 0.156 e. The SMILES string of the molecule is CCc1cc(CC)n(-c2c(CBr)c(C)nn2C)n1. The van der Waals surface area contributed by atoms with Crippen LogP contribution in [-0.4, -0.2) is 19.6 Å². The van der Waals surface area contributed by atoms with Crippen molar-refractivity contribution in [2.75, 3.05) is 0 Å². The Labute approximate surface area is 116 Å². The van der Waals surface area contributed by atoms with Crippen molar-refractivity contribution in [3.63, 3.8) is 0 Å². The first-order valence-electron chi connectivity index (χ1n) is 6.28. The topological polar surface area (TPSA) is 35.6 Å². The molecule has 0 amide bonds. The first-order valence-corrected chi connectivity index (χ1v) is 7.41. The van der Waals surface area contributed by atoms with Crippen LogP contribution in [0.1, 0.15) is 36.5 Å². The van der Waals surface area contributed by atoms with Gasteiger partial charge in [-0.2, -0.15) is 10.2 Å². The summed E-state index contributed by atoms with van der Waals surface area (Å²) >= 11 is 3.55. The maximum atomic E-state index is 4.69. The minimum absolute atomic E-state index is 0.798. The lowest BCUT2D eigenvalue weighted by molar-refractivity contribution is 0.671. The van der Waals surface area contributed by atoms with Gasteiger partial charge in [-0.25, -0.2) is 4.68 Å². The number of hydrogen-bond donors (Lipinski definition) is 0. The molecule has 0 aliphatic rings. The van der Waals surface area contributed by atoms with E-state index in [4.69, 9.17) is 0 Å². The molecule has 0 aliphatic carbocycles. The molecule has 0 atom stereocenters. The maximum absolute atomic E-state index is 4.69. The predicted molar refractivity (Wildman–Crippen MR) is 76.5 cm³/mol. The van der Waals surface area contributed by atoms with E-state index in [0.717, 1.165) is 35.4 Å². The molecule has 98 valence electrons. The molecule has 2 aromatic rings. The molecule has 0 aliphatic heterocycles. The van der Waals surface area contributed by atoms with Crippen molar-refractivity contribution in [1.29, 1.82) is 0 Å². The van der Waals surface area contributed by atoms with Gasteiger partial charge >= 0.3 is 0 Å². The van der Waals surface area contributed by atoms with Crippen molar-refractivity contribution < 1.29 is 0 Å². The second kappa shape index (κ2) is 5.26. The fraction of sp³-hybridized carbons (Fsp3) is 0.538. The highest BCUT2D eigenvalue weighted by molar-refractivity contribution is 9.08. The zero-order chi connectivity index (χ0) is 13.3. The van der Waals surface area contributed by atoms with E-state index in [1.54, 1.807) is 0 Å². The minimum Gasteiger partial charge on any atom is -0.250 e. The van der Waals surface area contributed by atoms with Crippen LogP contribution >= 0.6 is 15.9 Å². The molecule has 2 rings (SSSR count). The van der Waals surface area contributed by atoms with Crippen molar-refractivity contribution in [3.8, 4) is 5.82 Å². The van der Waals surface area contributed by atoms with Gasteiger partial charge in [0.05, 0.1) is 11.4 Å². The monoisotopic (exact) mass is 310 g/mol. The Morgan fingerprint density at radius 1 is 1.22 bits per heavy atom. The molecular formula is C13H19BrN4. The van der Waals surface area contributed by atoms with E-state index in [1.807, 2.05) is 23.3 Å². The normalized spacial score (nSPS) is 11.2. The zero-order valence-electron chi connectivity index (χ0n) is 11.4. The standard InChI is InChI=1S/C13H19BrN4/c1-5-10-7-11(6-2)18(16-10)13-12(8-14)9(3)15-17(13)4/h7H,5-6,8H2,1-4H3. The van der Waals surface area contributed by atoms with Crippen LogP contribution in [0, 0.1) is 6.92 Å². The molecule has 0 N–H and O–H groups in total. The summed E-state index contributed by atoms with van der Waals surface area (Å²) < 4.78 is 3.95. The second-order valence-corrected chi connectivity index (χ2v) is 4.95. The number of halogens is 1. The highest BCUT2D eigenvalue weighted by Crippen LogP contribution is 2.22. The average molecular weight is 311 g/mol. The van der Waals surface area contributed by atoms with Gasteiger partial charge in [0.2, 0.25) is 0 Å². The van der Waals surface area contributed by atoms with Gasteiger partial charge in [0, 0.05) is 23.6 Å². The summed E-state index contributed by atoms with van der Waals surface area (Å²) in [6.45, 7) is 6.33. The van der Waals surface area contributed by atoms with Crippen molar-refractivity contribution in [2.45, 2.75) is 38.9 Å². The smallest absolute Gasteiger partial charge is 0.156 e. The summed E-state index contributed by atoms with van der Waals surface area (Å²) in [5.41, 5.74) is 4.63. The summed E-state index contributed by atoms with van der Waals surface area (Å²) in [6, 6.07) is 2.18. The summed E-state index contributed by atoms with van der Waals surface area (Å²) in [7, 11) is 1.97. The van der Waals surface area contributed by atoms with E-state index in [2.05, 4.69) is 46.0 Å². The number of rotatable bonds is 4. The van der Waals surface area contributed by atoms with Crippen LogP contribution in [0.3, 0.4) is 0 Å². The lowest BCUT2D eigenvalue weighted by Gasteiger charge is -2.08. The molecule has 0 bridgehead atoms. The molecule has 5 heteroatoms. The lowest BCUT2D eigenvalue weighted by atomic mass is 10.2. The van der Waals surface area contributed by atoms with Gasteiger partial charge in [0.1, 0.15) is 0 Å². The van der Waals surface area contributed by atoms with Crippen LogP contribution in [0.15, 0.2) is 6.07 Å². The third kappa shape index (κ3) is 2.11. The first-order chi connectivity index (χ1) is 8.62. The molecule has 4 nitrogen and oxygen atoms in total. The number of aromatic nitrogens is 4. The number of hydrogen-bond acceptors (Lipinski definition) is 2. The lowest BCUT2D eigenvalue weighted by Crippen LogP contribution is -2.09. The summed E-state index contributed by atoms with van der Waals surface area (Å²) in [5, 5.41) is 9.98. The molecule has 0 aromatic carbocycles. The molecule has 0 saturated heterocycles. The van der Waals surface area contributed by atoms with E-state index < -0.39 is 0 Å². The van der Waals surface area contributed by atoms with Gasteiger partial charge in [-0.15, -0.1) is 0 Å². The van der Waals surface area contributed by atoms with Crippen molar-refractivity contribution in [2.24, 2.45) is 7.05 Å². The van der Waals surface area contributed by atoms with Gasteiger partial charge < -0.3 is 0 Å². The molecule has 0 unspecified atom stereocenters. The molecule has 18 heavy (non-hydrogen) atoms. The highest BCUT2D eigenvalue weighted by atomic mass is 79.9. The van der Waals surface area contributed by atoms with Crippen LogP contribution in [0.25, 0.3) is 5.82 Å². The Bertz CT molecular complexity index is 554. The number of nitrogens with zero attached hydrogens (tertiary/aromatic N) is 4. The van der Waals surface area contributed by atoms with Crippen LogP contribution in [-0.2, 0) is 25.2 Å². The van der Waals surface area contributed by atoms with Gasteiger partial charge in [-0.05, 0) is 25.8 Å². The summed E-state index contributed by atoms with van der Waals surface area (Å²) in [6.07, 6.45) is 1.93. The average Bonchev–Trinajstić information content (AvgIpc) is 2.88. The largest absolute Gasteiger partial charge is 0.250 e. The van der Waals surface area contributed by atoms with Crippen LogP contribution in [0.4, 0.5) is 0 Å². The Kier molecular flexibility index (Phi) is 3.90.